The zero-order chi connectivity index (χ0) is 14.6. The molecule has 0 aliphatic rings. The maximum absolute atomic E-state index is 11.6. The fourth-order valence-corrected chi connectivity index (χ4v) is 1.32. The molecule has 0 spiro atoms. The number of carbonyl (C=O) groups is 1. The molecule has 1 heterocycles. The second-order valence-electron chi connectivity index (χ2n) is 4.82. The third-order valence-electron chi connectivity index (χ3n) is 2.06. The SMILES string of the molecule is COc1nc(NC(=O)OC(C)(C)C)nc(OC)c1C. The first kappa shape index (κ1) is 15.0. The quantitative estimate of drug-likeness (QED) is 0.905. The zero-order valence-corrected chi connectivity index (χ0v) is 12.0. The van der Waals surface area contributed by atoms with Crippen molar-refractivity contribution in [2.24, 2.45) is 0 Å². The molecule has 7 heteroatoms. The average molecular weight is 269 g/mol. The lowest BCUT2D eigenvalue weighted by molar-refractivity contribution is 0.0634. The Labute approximate surface area is 112 Å². The highest BCUT2D eigenvalue weighted by Crippen LogP contribution is 2.25. The minimum absolute atomic E-state index is 0.0635. The van der Waals surface area contributed by atoms with E-state index >= 15 is 0 Å². The van der Waals surface area contributed by atoms with Crippen LogP contribution in [0.3, 0.4) is 0 Å². The molecule has 0 aliphatic carbocycles. The van der Waals surface area contributed by atoms with Gasteiger partial charge in [-0.15, -0.1) is 0 Å². The summed E-state index contributed by atoms with van der Waals surface area (Å²) in [5, 5.41) is 2.43. The van der Waals surface area contributed by atoms with Gasteiger partial charge in [0.25, 0.3) is 0 Å². The van der Waals surface area contributed by atoms with Crippen LogP contribution in [0.2, 0.25) is 0 Å². The van der Waals surface area contributed by atoms with Crippen LogP contribution in [0, 0.1) is 6.92 Å². The van der Waals surface area contributed by atoms with Crippen molar-refractivity contribution >= 4 is 12.0 Å². The summed E-state index contributed by atoms with van der Waals surface area (Å²) in [6, 6.07) is 0. The molecule has 19 heavy (non-hydrogen) atoms. The number of nitrogens with zero attached hydrogens (tertiary/aromatic N) is 2. The lowest BCUT2D eigenvalue weighted by Gasteiger charge is -2.19. The largest absolute Gasteiger partial charge is 0.481 e. The lowest BCUT2D eigenvalue weighted by Crippen LogP contribution is -2.28. The van der Waals surface area contributed by atoms with E-state index in [0.717, 1.165) is 0 Å². The van der Waals surface area contributed by atoms with Gasteiger partial charge in [-0.1, -0.05) is 0 Å². The summed E-state index contributed by atoms with van der Waals surface area (Å²) in [6.45, 7) is 7.06. The summed E-state index contributed by atoms with van der Waals surface area (Å²) in [4.78, 5) is 19.7. The molecular weight excluding hydrogens is 250 g/mol. The highest BCUT2D eigenvalue weighted by Gasteiger charge is 2.19. The van der Waals surface area contributed by atoms with Gasteiger partial charge in [-0.25, -0.2) is 4.79 Å². The van der Waals surface area contributed by atoms with E-state index in [2.05, 4.69) is 15.3 Å². The van der Waals surface area contributed by atoms with Gasteiger partial charge in [0, 0.05) is 0 Å². The zero-order valence-electron chi connectivity index (χ0n) is 12.0. The Morgan fingerprint density at radius 3 is 1.95 bits per heavy atom. The molecular formula is C12H19N3O4. The number of hydrogen-bond acceptors (Lipinski definition) is 6. The van der Waals surface area contributed by atoms with Crippen LogP contribution in [0.25, 0.3) is 0 Å². The molecule has 0 saturated carbocycles. The minimum atomic E-state index is -0.638. The van der Waals surface area contributed by atoms with Crippen LogP contribution in [-0.4, -0.2) is 35.9 Å². The van der Waals surface area contributed by atoms with Crippen LogP contribution in [0.4, 0.5) is 10.7 Å². The Hall–Kier alpha value is -2.05. The molecule has 0 radical (unpaired) electrons. The van der Waals surface area contributed by atoms with Gasteiger partial charge in [-0.05, 0) is 27.7 Å². The number of anilines is 1. The summed E-state index contributed by atoms with van der Waals surface area (Å²) in [5.41, 5.74) is 0.0582. The standard InChI is InChI=1S/C12H19N3O4/c1-7-8(17-5)13-10(14-9(7)18-6)15-11(16)19-12(2,3)4/h1-6H3,(H,13,14,15,16). The van der Waals surface area contributed by atoms with Crippen molar-refractivity contribution in [1.29, 1.82) is 0 Å². The van der Waals surface area contributed by atoms with Gasteiger partial charge in [-0.3, -0.25) is 5.32 Å². The van der Waals surface area contributed by atoms with Crippen LogP contribution in [0.5, 0.6) is 11.8 Å². The number of methoxy groups -OCH3 is 2. The maximum Gasteiger partial charge on any atom is 0.414 e. The van der Waals surface area contributed by atoms with Gasteiger partial charge in [0.1, 0.15) is 5.60 Å². The fourth-order valence-electron chi connectivity index (χ4n) is 1.32. The Bertz CT molecular complexity index is 444. The first-order valence-corrected chi connectivity index (χ1v) is 5.73. The molecule has 0 aromatic carbocycles. The van der Waals surface area contributed by atoms with E-state index in [-0.39, 0.29) is 5.95 Å². The summed E-state index contributed by atoms with van der Waals surface area (Å²) < 4.78 is 15.3. The first-order valence-electron chi connectivity index (χ1n) is 5.73. The monoisotopic (exact) mass is 269 g/mol. The van der Waals surface area contributed by atoms with Gasteiger partial charge < -0.3 is 14.2 Å². The molecule has 1 aromatic heterocycles. The van der Waals surface area contributed by atoms with Gasteiger partial charge in [0.15, 0.2) is 0 Å². The number of rotatable bonds is 3. The van der Waals surface area contributed by atoms with Crippen molar-refractivity contribution in [1.82, 2.24) is 9.97 Å². The number of amides is 1. The van der Waals surface area contributed by atoms with Gasteiger partial charge in [0.2, 0.25) is 17.7 Å². The Morgan fingerprint density at radius 1 is 1.11 bits per heavy atom. The van der Waals surface area contributed by atoms with Crippen LogP contribution < -0.4 is 14.8 Å². The molecule has 1 N–H and O–H groups in total. The number of carbonyl (C=O) groups excluding carboxylic acids is 1. The van der Waals surface area contributed by atoms with Crippen LogP contribution in [0.15, 0.2) is 0 Å². The average Bonchev–Trinajstić information content (AvgIpc) is 2.28. The molecule has 0 saturated heterocycles. The predicted octanol–water partition coefficient (Wildman–Crippen LogP) is 2.15. The van der Waals surface area contributed by atoms with Crippen LogP contribution >= 0.6 is 0 Å². The van der Waals surface area contributed by atoms with E-state index in [1.54, 1.807) is 27.7 Å². The first-order chi connectivity index (χ1) is 8.76. The van der Waals surface area contributed by atoms with Crippen LogP contribution in [-0.2, 0) is 4.74 Å². The molecule has 0 unspecified atom stereocenters. The van der Waals surface area contributed by atoms with Crippen molar-refractivity contribution in [2.45, 2.75) is 33.3 Å². The molecule has 0 bridgehead atoms. The number of nitrogens with one attached hydrogen (secondary N) is 1. The molecule has 0 fully saturated rings. The van der Waals surface area contributed by atoms with E-state index in [1.807, 2.05) is 0 Å². The number of aromatic nitrogens is 2. The smallest absolute Gasteiger partial charge is 0.414 e. The number of hydrogen-bond donors (Lipinski definition) is 1. The van der Waals surface area contributed by atoms with Gasteiger partial charge in [-0.2, -0.15) is 9.97 Å². The Morgan fingerprint density at radius 2 is 1.58 bits per heavy atom. The molecule has 1 rings (SSSR count). The van der Waals surface area contributed by atoms with Gasteiger partial charge >= 0.3 is 6.09 Å². The van der Waals surface area contributed by atoms with E-state index in [1.165, 1.54) is 14.2 Å². The van der Waals surface area contributed by atoms with Crippen molar-refractivity contribution in [3.05, 3.63) is 5.56 Å². The van der Waals surface area contributed by atoms with E-state index in [9.17, 15) is 4.79 Å². The second kappa shape index (κ2) is 5.73. The van der Waals surface area contributed by atoms with Crippen molar-refractivity contribution in [2.75, 3.05) is 19.5 Å². The van der Waals surface area contributed by atoms with E-state index < -0.39 is 11.7 Å². The Balaban J connectivity index is 2.93. The Kier molecular flexibility index (Phi) is 4.52. The third-order valence-corrected chi connectivity index (χ3v) is 2.06. The molecule has 0 atom stereocenters. The molecule has 1 aromatic rings. The molecule has 7 nitrogen and oxygen atoms in total. The van der Waals surface area contributed by atoms with E-state index in [4.69, 9.17) is 14.2 Å². The van der Waals surface area contributed by atoms with Gasteiger partial charge in [0.05, 0.1) is 19.8 Å². The lowest BCUT2D eigenvalue weighted by atomic mass is 10.2. The van der Waals surface area contributed by atoms with Crippen molar-refractivity contribution in [3.8, 4) is 11.8 Å². The molecule has 106 valence electrons. The topological polar surface area (TPSA) is 82.6 Å². The van der Waals surface area contributed by atoms with Crippen LogP contribution in [0.1, 0.15) is 26.3 Å². The molecule has 0 aliphatic heterocycles. The highest BCUT2D eigenvalue weighted by atomic mass is 16.6. The summed E-state index contributed by atoms with van der Waals surface area (Å²) in [7, 11) is 2.96. The predicted molar refractivity (Wildman–Crippen MR) is 69.7 cm³/mol. The third kappa shape index (κ3) is 4.27. The summed E-state index contributed by atoms with van der Waals surface area (Å²) >= 11 is 0. The highest BCUT2D eigenvalue weighted by molar-refractivity contribution is 5.82. The normalized spacial score (nSPS) is 10.8. The number of ether oxygens (including phenoxy) is 3. The van der Waals surface area contributed by atoms with Crippen molar-refractivity contribution < 1.29 is 19.0 Å². The maximum atomic E-state index is 11.6. The second-order valence-corrected chi connectivity index (χ2v) is 4.82. The summed E-state index contributed by atoms with van der Waals surface area (Å²) in [5.74, 6) is 0.726. The van der Waals surface area contributed by atoms with Crippen molar-refractivity contribution in [3.63, 3.8) is 0 Å². The molecule has 1 amide bonds. The minimum Gasteiger partial charge on any atom is -0.481 e. The summed E-state index contributed by atoms with van der Waals surface area (Å²) in [6.07, 6.45) is -0.638. The fraction of sp³-hybridized carbons (Fsp3) is 0.583. The van der Waals surface area contributed by atoms with E-state index in [0.29, 0.717) is 17.3 Å².